The van der Waals surface area contributed by atoms with E-state index in [4.69, 9.17) is 15.2 Å². The van der Waals surface area contributed by atoms with Crippen molar-refractivity contribution in [2.45, 2.75) is 32.6 Å². The summed E-state index contributed by atoms with van der Waals surface area (Å²) in [6.07, 6.45) is 1.09. The van der Waals surface area contributed by atoms with E-state index in [2.05, 4.69) is 19.9 Å². The predicted octanol–water partition coefficient (Wildman–Crippen LogP) is 4.64. The van der Waals surface area contributed by atoms with Gasteiger partial charge in [-0.15, -0.1) is 0 Å². The van der Waals surface area contributed by atoms with E-state index in [1.807, 2.05) is 47.4 Å². The average molecular weight is 430 g/mol. The number of nitriles is 1. The summed E-state index contributed by atoms with van der Waals surface area (Å²) in [5.74, 6) is 0.953. The monoisotopic (exact) mass is 429 g/mol. The van der Waals surface area contributed by atoms with Crippen LogP contribution < -0.4 is 20.1 Å². The average Bonchev–Trinajstić information content (AvgIpc) is 2.77. The highest BCUT2D eigenvalue weighted by Crippen LogP contribution is 2.50. The number of carbonyl (C=O) groups excluding carboxylic acids is 1. The van der Waals surface area contributed by atoms with Crippen LogP contribution in [0.1, 0.15) is 38.2 Å². The first-order chi connectivity index (χ1) is 15.3. The molecule has 0 unspecified atom stereocenters. The number of allylic oxidation sites excluding steroid dienone is 3. The fraction of sp³-hybridized carbons (Fsp3) is 0.308. The predicted molar refractivity (Wildman–Crippen MR) is 123 cm³/mol. The Labute approximate surface area is 188 Å². The molecular weight excluding hydrogens is 402 g/mol. The summed E-state index contributed by atoms with van der Waals surface area (Å²) >= 11 is 0. The van der Waals surface area contributed by atoms with Gasteiger partial charge in [-0.1, -0.05) is 38.1 Å². The maximum Gasteiger partial charge on any atom is 0.162 e. The molecular formula is C26H27N3O3. The second-order valence-electron chi connectivity index (χ2n) is 8.93. The molecule has 1 aliphatic heterocycles. The van der Waals surface area contributed by atoms with E-state index in [9.17, 15) is 10.1 Å². The summed E-state index contributed by atoms with van der Waals surface area (Å²) in [5, 5.41) is 10.2. The molecule has 6 heteroatoms. The van der Waals surface area contributed by atoms with E-state index >= 15 is 0 Å². The minimum atomic E-state index is -0.557. The zero-order valence-corrected chi connectivity index (χ0v) is 18.8. The van der Waals surface area contributed by atoms with Crippen molar-refractivity contribution < 1.29 is 14.3 Å². The molecule has 0 bridgehead atoms. The van der Waals surface area contributed by atoms with Crippen molar-refractivity contribution in [2.24, 2.45) is 11.1 Å². The van der Waals surface area contributed by atoms with Crippen molar-refractivity contribution >= 4 is 11.5 Å². The number of para-hydroxylation sites is 1. The molecule has 0 fully saturated rings. The van der Waals surface area contributed by atoms with Crippen molar-refractivity contribution in [2.75, 3.05) is 19.1 Å². The molecule has 32 heavy (non-hydrogen) atoms. The smallest absolute Gasteiger partial charge is 0.162 e. The molecule has 1 heterocycles. The third-order valence-corrected chi connectivity index (χ3v) is 6.14. The van der Waals surface area contributed by atoms with Gasteiger partial charge in [-0.3, -0.25) is 9.69 Å². The molecule has 2 aromatic carbocycles. The van der Waals surface area contributed by atoms with Crippen molar-refractivity contribution in [1.29, 1.82) is 5.26 Å². The van der Waals surface area contributed by atoms with Crippen LogP contribution in [0.4, 0.5) is 5.69 Å². The van der Waals surface area contributed by atoms with Crippen LogP contribution in [0.3, 0.4) is 0 Å². The summed E-state index contributed by atoms with van der Waals surface area (Å²) in [6.45, 7) is 4.17. The molecule has 0 radical (unpaired) electrons. The van der Waals surface area contributed by atoms with Gasteiger partial charge in [-0.2, -0.15) is 5.26 Å². The zero-order chi connectivity index (χ0) is 23.0. The topological polar surface area (TPSA) is 88.6 Å². The summed E-state index contributed by atoms with van der Waals surface area (Å²) in [6, 6.07) is 17.4. The first-order valence-electron chi connectivity index (χ1n) is 10.5. The number of Topliss-reactive ketones (excluding diaryl/α,β-unsaturated/α-hetero) is 1. The lowest BCUT2D eigenvalue weighted by Crippen LogP contribution is -2.42. The normalized spacial score (nSPS) is 20.0. The molecule has 1 aliphatic carbocycles. The Hall–Kier alpha value is -3.72. The van der Waals surface area contributed by atoms with Gasteiger partial charge in [0.25, 0.3) is 0 Å². The van der Waals surface area contributed by atoms with E-state index in [-0.39, 0.29) is 11.2 Å². The number of rotatable bonds is 4. The summed E-state index contributed by atoms with van der Waals surface area (Å²) in [7, 11) is 3.13. The summed E-state index contributed by atoms with van der Waals surface area (Å²) in [5.41, 5.74) is 9.88. The number of hydrogen-bond acceptors (Lipinski definition) is 6. The second kappa shape index (κ2) is 8.08. The number of carbonyl (C=O) groups is 1. The minimum absolute atomic E-state index is 0.0391. The van der Waals surface area contributed by atoms with Crippen molar-refractivity contribution in [3.63, 3.8) is 0 Å². The van der Waals surface area contributed by atoms with Crippen molar-refractivity contribution in [1.82, 2.24) is 0 Å². The SMILES string of the molecule is COc1ccc([C@H]2C(C#N)=C(N)N(c3ccccc3)C3=C2C(=O)CC(C)(C)C3)cc1OC. The van der Waals surface area contributed by atoms with Gasteiger partial charge in [0.05, 0.1) is 31.8 Å². The molecule has 164 valence electrons. The van der Waals surface area contributed by atoms with E-state index in [0.717, 1.165) is 16.9 Å². The van der Waals surface area contributed by atoms with Gasteiger partial charge < -0.3 is 15.2 Å². The maximum absolute atomic E-state index is 13.5. The standard InChI is InChI=1S/C26H27N3O3/c1-26(2)13-19-24(20(30)14-26)23(16-10-11-21(31-3)22(12-16)32-4)18(15-27)25(28)29(19)17-8-6-5-7-9-17/h5-12,23H,13-14,28H2,1-4H3/t23-/m0/s1. The van der Waals surface area contributed by atoms with Gasteiger partial charge in [0, 0.05) is 23.4 Å². The van der Waals surface area contributed by atoms with Crippen LogP contribution in [0.2, 0.25) is 0 Å². The molecule has 2 N–H and O–H groups in total. The Morgan fingerprint density at radius 3 is 2.38 bits per heavy atom. The van der Waals surface area contributed by atoms with Gasteiger partial charge in [-0.25, -0.2) is 0 Å². The lowest BCUT2D eigenvalue weighted by Gasteiger charge is -2.43. The Kier molecular flexibility index (Phi) is 5.43. The molecule has 6 nitrogen and oxygen atoms in total. The number of hydrogen-bond donors (Lipinski definition) is 1. The number of benzene rings is 2. The number of nitrogens with two attached hydrogens (primary N) is 1. The van der Waals surface area contributed by atoms with Crippen LogP contribution in [0.5, 0.6) is 11.5 Å². The number of ether oxygens (including phenoxy) is 2. The molecule has 0 amide bonds. The minimum Gasteiger partial charge on any atom is -0.493 e. The van der Waals surface area contributed by atoms with Crippen LogP contribution in [0.15, 0.2) is 71.2 Å². The van der Waals surface area contributed by atoms with Crippen LogP contribution in [-0.2, 0) is 4.79 Å². The molecule has 1 atom stereocenters. The number of methoxy groups -OCH3 is 2. The van der Waals surface area contributed by atoms with Crippen LogP contribution in [0.25, 0.3) is 0 Å². The highest BCUT2D eigenvalue weighted by Gasteiger charge is 2.44. The van der Waals surface area contributed by atoms with Gasteiger partial charge in [-0.05, 0) is 41.7 Å². The molecule has 0 spiro atoms. The van der Waals surface area contributed by atoms with Gasteiger partial charge in [0.2, 0.25) is 0 Å². The molecule has 2 aliphatic rings. The first-order valence-corrected chi connectivity index (χ1v) is 10.5. The van der Waals surface area contributed by atoms with Crippen molar-refractivity contribution in [3.8, 4) is 17.6 Å². The van der Waals surface area contributed by atoms with Gasteiger partial charge >= 0.3 is 0 Å². The van der Waals surface area contributed by atoms with E-state index in [1.54, 1.807) is 20.3 Å². The quantitative estimate of drug-likeness (QED) is 0.761. The fourth-order valence-electron chi connectivity index (χ4n) is 4.75. The summed E-state index contributed by atoms with van der Waals surface area (Å²) < 4.78 is 10.9. The first kappa shape index (κ1) is 21.5. The lowest BCUT2D eigenvalue weighted by atomic mass is 9.68. The highest BCUT2D eigenvalue weighted by molar-refractivity contribution is 6.01. The van der Waals surface area contributed by atoms with E-state index in [0.29, 0.717) is 41.3 Å². The van der Waals surface area contributed by atoms with E-state index in [1.165, 1.54) is 0 Å². The van der Waals surface area contributed by atoms with Crippen LogP contribution >= 0.6 is 0 Å². The third kappa shape index (κ3) is 3.50. The highest BCUT2D eigenvalue weighted by atomic mass is 16.5. The third-order valence-electron chi connectivity index (χ3n) is 6.14. The largest absolute Gasteiger partial charge is 0.493 e. The van der Waals surface area contributed by atoms with E-state index < -0.39 is 5.92 Å². The van der Waals surface area contributed by atoms with Gasteiger partial charge in [0.1, 0.15) is 5.82 Å². The summed E-state index contributed by atoms with van der Waals surface area (Å²) in [4.78, 5) is 15.4. The Morgan fingerprint density at radius 2 is 1.75 bits per heavy atom. The van der Waals surface area contributed by atoms with Crippen LogP contribution in [-0.4, -0.2) is 20.0 Å². The Bertz CT molecular complexity index is 1170. The Morgan fingerprint density at radius 1 is 1.06 bits per heavy atom. The Balaban J connectivity index is 1.99. The zero-order valence-electron chi connectivity index (χ0n) is 18.8. The van der Waals surface area contributed by atoms with Crippen LogP contribution in [0, 0.1) is 16.7 Å². The maximum atomic E-state index is 13.5. The molecule has 0 saturated heterocycles. The second-order valence-corrected chi connectivity index (χ2v) is 8.93. The number of ketones is 1. The van der Waals surface area contributed by atoms with Crippen molar-refractivity contribution in [3.05, 3.63) is 76.8 Å². The molecule has 0 saturated carbocycles. The molecule has 0 aromatic heterocycles. The molecule has 4 rings (SSSR count). The fourth-order valence-corrected chi connectivity index (χ4v) is 4.75. The lowest BCUT2D eigenvalue weighted by molar-refractivity contribution is -0.118. The number of nitrogens with zero attached hydrogens (tertiary/aromatic N) is 2. The van der Waals surface area contributed by atoms with Gasteiger partial charge in [0.15, 0.2) is 17.3 Å². The number of anilines is 1. The molecule has 2 aromatic rings.